The molecule has 2 saturated heterocycles. The van der Waals surface area contributed by atoms with Gasteiger partial charge in [0.15, 0.2) is 0 Å². The van der Waals surface area contributed by atoms with Gasteiger partial charge in [-0.3, -0.25) is 5.32 Å². The zero-order valence-corrected chi connectivity index (χ0v) is 19.1. The second kappa shape index (κ2) is 12.1. The third-order valence-corrected chi connectivity index (χ3v) is 5.76. The third-order valence-electron chi connectivity index (χ3n) is 4.65. The first-order valence-electron chi connectivity index (χ1n) is 9.56. The molecule has 6 heteroatoms. The summed E-state index contributed by atoms with van der Waals surface area (Å²) in [7, 11) is 2.11. The molecule has 0 radical (unpaired) electrons. The van der Waals surface area contributed by atoms with Crippen LogP contribution in [0.3, 0.4) is 0 Å². The predicted molar refractivity (Wildman–Crippen MR) is 125 cm³/mol. The molecule has 1 N–H and O–H groups in total. The highest BCUT2D eigenvalue weighted by Gasteiger charge is 2.38. The lowest BCUT2D eigenvalue weighted by Gasteiger charge is -2.37. The first-order valence-corrected chi connectivity index (χ1v) is 12.4. The van der Waals surface area contributed by atoms with Crippen LogP contribution in [0.15, 0.2) is 59.5 Å². The molecular weight excluding hydrogens is 391 g/mol. The molecule has 27 heavy (non-hydrogen) atoms. The van der Waals surface area contributed by atoms with E-state index in [4.69, 9.17) is 4.74 Å². The summed E-state index contributed by atoms with van der Waals surface area (Å²) in [5, 5.41) is 3.52. The summed E-state index contributed by atoms with van der Waals surface area (Å²) in [5.74, 6) is 0. The molecule has 1 atom stereocenters. The maximum atomic E-state index is 5.90. The summed E-state index contributed by atoms with van der Waals surface area (Å²) in [6.45, 7) is 7.98. The summed E-state index contributed by atoms with van der Waals surface area (Å²) in [5.41, 5.74) is 2.51. The molecule has 1 unspecified atom stereocenters. The van der Waals surface area contributed by atoms with Gasteiger partial charge in [-0.15, -0.1) is 0 Å². The van der Waals surface area contributed by atoms with Crippen LogP contribution in [0.25, 0.3) is 11.1 Å². The molecule has 148 valence electrons. The van der Waals surface area contributed by atoms with Crippen molar-refractivity contribution in [2.75, 3.05) is 26.2 Å². The van der Waals surface area contributed by atoms with Crippen LogP contribution in [0, 0.1) is 0 Å². The van der Waals surface area contributed by atoms with Crippen LogP contribution < -0.4 is 5.32 Å². The first kappa shape index (κ1) is 22.7. The van der Waals surface area contributed by atoms with Crippen LogP contribution in [0.2, 0.25) is 0 Å². The van der Waals surface area contributed by atoms with Crippen LogP contribution in [0.5, 0.6) is 0 Å². The van der Waals surface area contributed by atoms with Crippen molar-refractivity contribution in [1.82, 2.24) is 9.62 Å². The van der Waals surface area contributed by atoms with Crippen LogP contribution in [0.4, 0.5) is 0 Å². The molecular formula is C21H31N2OPS2. The number of rotatable bonds is 3. The van der Waals surface area contributed by atoms with E-state index in [9.17, 15) is 0 Å². The van der Waals surface area contributed by atoms with Crippen molar-refractivity contribution in [2.24, 2.45) is 0 Å². The van der Waals surface area contributed by atoms with Crippen molar-refractivity contribution < 1.29 is 4.74 Å². The number of thiol groups is 1. The predicted octanol–water partition coefficient (Wildman–Crippen LogP) is 5.51. The van der Waals surface area contributed by atoms with E-state index in [2.05, 4.69) is 84.9 Å². The molecule has 4 rings (SSSR count). The highest BCUT2D eigenvalue weighted by Crippen LogP contribution is 2.33. The molecule has 0 saturated carbocycles. The van der Waals surface area contributed by atoms with E-state index in [-0.39, 0.29) is 5.72 Å². The highest BCUT2D eigenvalue weighted by molar-refractivity contribution is 8.31. The SMILES string of the molecule is CC.PS.c1ccc(-c2ccc(SN3CCC4(CC3)NCCO4)cc2)cc1. The van der Waals surface area contributed by atoms with Gasteiger partial charge in [-0.1, -0.05) is 64.8 Å². The first-order chi connectivity index (χ1) is 13.3. The Morgan fingerprint density at radius 2 is 1.56 bits per heavy atom. The standard InChI is InChI=1S/C19H22N2OS.C2H6.H3PS/c1-2-4-16(5-3-1)17-6-8-18(9-7-17)23-21-13-10-19(11-14-21)20-12-15-22-19;2*1-2/h1-9,20H,10-15H2;1-2H3;2H,1H2. The fraction of sp³-hybridized carbons (Fsp3) is 0.429. The second-order valence-electron chi connectivity index (χ2n) is 6.18. The number of piperidine rings is 1. The van der Waals surface area contributed by atoms with Crippen molar-refractivity contribution in [2.45, 2.75) is 37.3 Å². The molecule has 0 amide bonds. The normalized spacial score (nSPS) is 18.2. The molecule has 0 bridgehead atoms. The molecule has 3 nitrogen and oxygen atoms in total. The fourth-order valence-electron chi connectivity index (χ4n) is 3.32. The Morgan fingerprint density at radius 1 is 0.963 bits per heavy atom. The average molecular weight is 423 g/mol. The summed E-state index contributed by atoms with van der Waals surface area (Å²) in [6.07, 6.45) is 2.14. The number of nitrogens with zero attached hydrogens (tertiary/aromatic N) is 1. The van der Waals surface area contributed by atoms with E-state index in [1.807, 2.05) is 25.8 Å². The average Bonchev–Trinajstić information content (AvgIpc) is 3.22. The minimum Gasteiger partial charge on any atom is -0.359 e. The van der Waals surface area contributed by atoms with Gasteiger partial charge in [-0.05, 0) is 35.2 Å². The van der Waals surface area contributed by atoms with E-state index in [1.54, 1.807) is 0 Å². The summed E-state index contributed by atoms with van der Waals surface area (Å²) in [6, 6.07) is 19.4. The number of hydrogen-bond acceptors (Lipinski definition) is 5. The van der Waals surface area contributed by atoms with Gasteiger partial charge in [-0.2, -0.15) is 12.2 Å². The van der Waals surface area contributed by atoms with Crippen LogP contribution >= 0.6 is 32.6 Å². The van der Waals surface area contributed by atoms with Crippen molar-refractivity contribution in [3.63, 3.8) is 0 Å². The largest absolute Gasteiger partial charge is 0.359 e. The second-order valence-corrected chi connectivity index (χ2v) is 7.35. The lowest BCUT2D eigenvalue weighted by atomic mass is 10.0. The Bertz CT molecular complexity index is 639. The van der Waals surface area contributed by atoms with Gasteiger partial charge in [0.25, 0.3) is 0 Å². The molecule has 2 aromatic rings. The number of hydrogen-bond donors (Lipinski definition) is 2. The zero-order chi connectivity index (χ0) is 19.5. The minimum atomic E-state index is -0.0335. The van der Waals surface area contributed by atoms with Crippen molar-refractivity contribution >= 4 is 32.6 Å². The molecule has 2 aliphatic heterocycles. The Labute approximate surface area is 176 Å². The van der Waals surface area contributed by atoms with Crippen LogP contribution in [-0.2, 0) is 4.74 Å². The van der Waals surface area contributed by atoms with Gasteiger partial charge >= 0.3 is 0 Å². The molecule has 1 spiro atoms. The summed E-state index contributed by atoms with van der Waals surface area (Å²) >= 11 is 5.30. The topological polar surface area (TPSA) is 24.5 Å². The zero-order valence-electron chi connectivity index (χ0n) is 16.2. The van der Waals surface area contributed by atoms with Crippen molar-refractivity contribution in [1.29, 1.82) is 0 Å². The fourth-order valence-corrected chi connectivity index (χ4v) is 4.25. The molecule has 0 aliphatic carbocycles. The molecule has 2 aromatic carbocycles. The van der Waals surface area contributed by atoms with Crippen molar-refractivity contribution in [3.8, 4) is 11.1 Å². The summed E-state index contributed by atoms with van der Waals surface area (Å²) < 4.78 is 8.35. The third kappa shape index (κ3) is 6.49. The Kier molecular flexibility index (Phi) is 10.2. The van der Waals surface area contributed by atoms with Crippen LogP contribution in [-0.4, -0.2) is 36.3 Å². The smallest absolute Gasteiger partial charge is 0.121 e. The van der Waals surface area contributed by atoms with Gasteiger partial charge < -0.3 is 4.74 Å². The molecule has 2 heterocycles. The van der Waals surface area contributed by atoms with Gasteiger partial charge in [-0.25, -0.2) is 4.31 Å². The van der Waals surface area contributed by atoms with E-state index in [1.165, 1.54) is 16.0 Å². The van der Waals surface area contributed by atoms with E-state index >= 15 is 0 Å². The Balaban J connectivity index is 0.000000614. The quantitative estimate of drug-likeness (QED) is 0.387. The maximum Gasteiger partial charge on any atom is 0.121 e. The van der Waals surface area contributed by atoms with Gasteiger partial charge in [0.05, 0.1) is 6.61 Å². The van der Waals surface area contributed by atoms with Crippen LogP contribution in [0.1, 0.15) is 26.7 Å². The van der Waals surface area contributed by atoms with Gasteiger partial charge in [0, 0.05) is 37.4 Å². The molecule has 2 aliphatic rings. The minimum absolute atomic E-state index is 0.0335. The Morgan fingerprint density at radius 3 is 2.11 bits per heavy atom. The van der Waals surface area contributed by atoms with Gasteiger partial charge in [0.2, 0.25) is 0 Å². The van der Waals surface area contributed by atoms with E-state index in [0.717, 1.165) is 39.1 Å². The molecule has 0 aromatic heterocycles. The monoisotopic (exact) mass is 422 g/mol. The molecule has 2 fully saturated rings. The lowest BCUT2D eigenvalue weighted by Crippen LogP contribution is -2.49. The van der Waals surface area contributed by atoms with Crippen molar-refractivity contribution in [3.05, 3.63) is 54.6 Å². The number of nitrogens with one attached hydrogen (secondary N) is 1. The van der Waals surface area contributed by atoms with E-state index in [0.29, 0.717) is 0 Å². The summed E-state index contributed by atoms with van der Waals surface area (Å²) in [4.78, 5) is 1.31. The highest BCUT2D eigenvalue weighted by atomic mass is 32.7. The van der Waals surface area contributed by atoms with Gasteiger partial charge in [0.1, 0.15) is 5.72 Å². The maximum absolute atomic E-state index is 5.90. The Hall–Kier alpha value is -0.550. The lowest BCUT2D eigenvalue weighted by molar-refractivity contribution is -0.0434. The number of benzene rings is 2. The van der Waals surface area contributed by atoms with E-state index < -0.39 is 0 Å². The number of ether oxygens (including phenoxy) is 1.